The van der Waals surface area contributed by atoms with Gasteiger partial charge in [-0.15, -0.1) is 0 Å². The van der Waals surface area contributed by atoms with Crippen molar-refractivity contribution in [3.8, 4) is 17.2 Å². The highest BCUT2D eigenvalue weighted by Crippen LogP contribution is 2.42. The quantitative estimate of drug-likeness (QED) is 0.146. The molecular formula is C30H27F3N4O4S. The Morgan fingerprint density at radius 3 is 2.79 bits per heavy atom. The molecule has 12 heteroatoms. The first-order chi connectivity index (χ1) is 20.1. The number of nitrogens with one attached hydrogen (secondary N) is 1. The van der Waals surface area contributed by atoms with Crippen molar-refractivity contribution in [2.24, 2.45) is 15.7 Å². The summed E-state index contributed by atoms with van der Waals surface area (Å²) in [5.74, 6) is -3.46. The Balaban J connectivity index is 1.44. The first-order valence-electron chi connectivity index (χ1n) is 13.0. The van der Waals surface area contributed by atoms with E-state index in [1.807, 2.05) is 25.1 Å². The van der Waals surface area contributed by atoms with Gasteiger partial charge in [0, 0.05) is 36.2 Å². The van der Waals surface area contributed by atoms with E-state index in [1.54, 1.807) is 0 Å². The highest BCUT2D eigenvalue weighted by atomic mass is 32.2. The lowest BCUT2D eigenvalue weighted by Crippen LogP contribution is -2.29. The molecule has 2 heterocycles. The third-order valence-corrected chi connectivity index (χ3v) is 8.09. The number of halogens is 3. The van der Waals surface area contributed by atoms with Crippen LogP contribution in [0.5, 0.6) is 17.2 Å². The smallest absolute Gasteiger partial charge is 0.204 e. The number of amidine groups is 1. The molecule has 0 spiro atoms. The Labute approximate surface area is 241 Å². The third-order valence-electron chi connectivity index (χ3n) is 7.11. The Morgan fingerprint density at radius 2 is 2.02 bits per heavy atom. The number of aryl methyl sites for hydroxylation is 1. The fourth-order valence-electron chi connectivity index (χ4n) is 4.93. The van der Waals surface area contributed by atoms with Gasteiger partial charge in [-0.1, -0.05) is 18.2 Å². The van der Waals surface area contributed by atoms with E-state index < -0.39 is 39.5 Å². The number of nitrogens with zero attached hydrogens (tertiary/aromatic N) is 2. The zero-order chi connectivity index (χ0) is 30.0. The molecule has 0 saturated heterocycles. The Morgan fingerprint density at radius 1 is 1.21 bits per heavy atom. The van der Waals surface area contributed by atoms with Gasteiger partial charge < -0.3 is 25.0 Å². The van der Waals surface area contributed by atoms with Crippen molar-refractivity contribution in [2.75, 3.05) is 12.9 Å². The lowest BCUT2D eigenvalue weighted by molar-refractivity contribution is -0.107. The van der Waals surface area contributed by atoms with Gasteiger partial charge in [0.1, 0.15) is 35.8 Å². The van der Waals surface area contributed by atoms with Gasteiger partial charge in [0.05, 0.1) is 38.9 Å². The molecule has 0 aliphatic carbocycles. The van der Waals surface area contributed by atoms with Crippen LogP contribution in [0.4, 0.5) is 13.2 Å². The number of ether oxygens (including phenoxy) is 2. The van der Waals surface area contributed by atoms with Crippen LogP contribution in [0.25, 0.3) is 10.9 Å². The van der Waals surface area contributed by atoms with Gasteiger partial charge in [0.2, 0.25) is 5.82 Å². The summed E-state index contributed by atoms with van der Waals surface area (Å²) in [7, 11) is -1.75. The average Bonchev–Trinajstić information content (AvgIpc) is 3.45. The van der Waals surface area contributed by atoms with Gasteiger partial charge in [0.15, 0.2) is 11.6 Å². The number of rotatable bonds is 9. The molecule has 218 valence electrons. The standard InChI is InChI=1S/C30H27F3N4O4S/c1-30(11-14-40-26-17(6-4-13-38)5-3-7-21(26)30)37-16-36-29(34)20-15-18(8-9-22(20)31)41-27-24(33)23(32)25-19(10-12-35-25)28(27)42(2)39/h3,5,7-10,12-13,15-16,35H,4,6,11,14H2,1-2H3,(H2,34,36,37). The van der Waals surface area contributed by atoms with Crippen LogP contribution in [0, 0.1) is 17.5 Å². The molecule has 0 bridgehead atoms. The maximum Gasteiger partial charge on any atom is 0.204 e. The molecule has 8 nitrogen and oxygen atoms in total. The molecule has 5 rings (SSSR count). The number of para-hydroxylation sites is 1. The van der Waals surface area contributed by atoms with Gasteiger partial charge in [-0.05, 0) is 43.2 Å². The number of hydrogen-bond donors (Lipinski definition) is 2. The molecule has 2 unspecified atom stereocenters. The zero-order valence-electron chi connectivity index (χ0n) is 22.7. The normalized spacial score (nSPS) is 17.7. The van der Waals surface area contributed by atoms with E-state index in [4.69, 9.17) is 15.2 Å². The fourth-order valence-corrected chi connectivity index (χ4v) is 5.80. The highest BCUT2D eigenvalue weighted by molar-refractivity contribution is 7.84. The molecule has 0 amide bonds. The number of hydrogen-bond acceptors (Lipinski definition) is 5. The minimum atomic E-state index is -1.75. The molecule has 3 aromatic carbocycles. The summed E-state index contributed by atoms with van der Waals surface area (Å²) in [5.41, 5.74) is 6.84. The highest BCUT2D eigenvalue weighted by Gasteiger charge is 2.33. The number of aliphatic imine (C=N–C) groups is 2. The Bertz CT molecular complexity index is 1770. The van der Waals surface area contributed by atoms with E-state index in [-0.39, 0.29) is 32.9 Å². The van der Waals surface area contributed by atoms with Crippen molar-refractivity contribution in [1.29, 1.82) is 0 Å². The number of nitrogens with two attached hydrogens (primary N) is 1. The van der Waals surface area contributed by atoms with Gasteiger partial charge in [0.25, 0.3) is 0 Å². The Hall–Kier alpha value is -4.45. The predicted molar refractivity (Wildman–Crippen MR) is 155 cm³/mol. The number of H-pyrrole nitrogens is 1. The van der Waals surface area contributed by atoms with Gasteiger partial charge in [-0.25, -0.2) is 13.8 Å². The first kappa shape index (κ1) is 29.1. The lowest BCUT2D eigenvalue weighted by atomic mass is 9.85. The van der Waals surface area contributed by atoms with Crippen molar-refractivity contribution >= 4 is 40.2 Å². The van der Waals surface area contributed by atoms with Crippen LogP contribution in [0.1, 0.15) is 36.5 Å². The number of aldehydes is 1. The third kappa shape index (κ3) is 5.41. The van der Waals surface area contributed by atoms with E-state index in [1.165, 1.54) is 37.0 Å². The maximum absolute atomic E-state index is 15.0. The molecule has 3 N–H and O–H groups in total. The summed E-state index contributed by atoms with van der Waals surface area (Å²) in [6.07, 6.45) is 6.27. The average molecular weight is 597 g/mol. The predicted octanol–water partition coefficient (Wildman–Crippen LogP) is 5.68. The number of aromatic nitrogens is 1. The van der Waals surface area contributed by atoms with E-state index >= 15 is 4.39 Å². The Kier molecular flexibility index (Phi) is 8.17. The van der Waals surface area contributed by atoms with Crippen LogP contribution in [-0.4, -0.2) is 40.5 Å². The molecule has 42 heavy (non-hydrogen) atoms. The van der Waals surface area contributed by atoms with Crippen molar-refractivity contribution in [1.82, 2.24) is 4.98 Å². The molecule has 1 aromatic heterocycles. The molecule has 1 aliphatic heterocycles. The fraction of sp³-hybridized carbons (Fsp3) is 0.233. The summed E-state index contributed by atoms with van der Waals surface area (Å²) in [6.45, 7) is 2.32. The van der Waals surface area contributed by atoms with E-state index in [2.05, 4.69) is 15.0 Å². The number of fused-ring (bicyclic) bond motifs is 2. The lowest BCUT2D eigenvalue weighted by Gasteiger charge is -2.33. The molecule has 0 radical (unpaired) electrons. The summed E-state index contributed by atoms with van der Waals surface area (Å²) < 4.78 is 68.5. The van der Waals surface area contributed by atoms with Crippen LogP contribution in [0.15, 0.2) is 63.5 Å². The van der Waals surface area contributed by atoms with E-state index in [0.29, 0.717) is 31.6 Å². The molecule has 4 aromatic rings. The molecule has 2 atom stereocenters. The second-order valence-electron chi connectivity index (χ2n) is 9.88. The monoisotopic (exact) mass is 596 g/mol. The second kappa shape index (κ2) is 11.8. The number of benzene rings is 3. The summed E-state index contributed by atoms with van der Waals surface area (Å²) in [4.78, 5) is 22.2. The van der Waals surface area contributed by atoms with Crippen molar-refractivity contribution < 1.29 is 31.6 Å². The summed E-state index contributed by atoms with van der Waals surface area (Å²) in [6, 6.07) is 10.6. The zero-order valence-corrected chi connectivity index (χ0v) is 23.6. The SMILES string of the molecule is CS(=O)c1c(Oc2ccc(F)c(C(N)=NC=NC3(C)CCOc4c(CCC=O)cccc43)c2)c(F)c(F)c2[nH]ccc12. The van der Waals surface area contributed by atoms with Crippen LogP contribution in [0.3, 0.4) is 0 Å². The van der Waals surface area contributed by atoms with E-state index in [9.17, 15) is 17.8 Å². The summed E-state index contributed by atoms with van der Waals surface area (Å²) in [5, 5.41) is 0.198. The molecule has 1 aliphatic rings. The number of carbonyl (C=O) groups is 1. The van der Waals surface area contributed by atoms with Gasteiger partial charge in [-0.3, -0.25) is 9.20 Å². The number of carbonyl (C=O) groups excluding carboxylic acids is 1. The van der Waals surface area contributed by atoms with Crippen LogP contribution in [0.2, 0.25) is 0 Å². The van der Waals surface area contributed by atoms with E-state index in [0.717, 1.165) is 23.5 Å². The van der Waals surface area contributed by atoms with Crippen molar-refractivity contribution in [3.05, 3.63) is 82.8 Å². The first-order valence-corrected chi connectivity index (χ1v) is 14.6. The largest absolute Gasteiger partial charge is 0.493 e. The molecule has 0 fully saturated rings. The minimum absolute atomic E-state index is 0.0518. The molecular weight excluding hydrogens is 569 g/mol. The van der Waals surface area contributed by atoms with Crippen LogP contribution < -0.4 is 15.2 Å². The number of aromatic amines is 1. The van der Waals surface area contributed by atoms with Gasteiger partial charge in [-0.2, -0.15) is 4.39 Å². The van der Waals surface area contributed by atoms with Crippen LogP contribution >= 0.6 is 0 Å². The minimum Gasteiger partial charge on any atom is -0.493 e. The topological polar surface area (TPSA) is 119 Å². The molecule has 0 saturated carbocycles. The summed E-state index contributed by atoms with van der Waals surface area (Å²) >= 11 is 0. The van der Waals surface area contributed by atoms with Crippen molar-refractivity contribution in [2.45, 2.75) is 36.6 Å². The van der Waals surface area contributed by atoms with Crippen molar-refractivity contribution in [3.63, 3.8) is 0 Å². The second-order valence-corrected chi connectivity index (χ2v) is 11.2. The maximum atomic E-state index is 15.0. The van der Waals surface area contributed by atoms with Gasteiger partial charge >= 0.3 is 0 Å². The van der Waals surface area contributed by atoms with Crippen LogP contribution in [-0.2, 0) is 27.6 Å².